The summed E-state index contributed by atoms with van der Waals surface area (Å²) in [5.41, 5.74) is 2.36. The minimum absolute atomic E-state index is 0.145. The predicted octanol–water partition coefficient (Wildman–Crippen LogP) is 6.16. The van der Waals surface area contributed by atoms with Crippen molar-refractivity contribution in [2.45, 2.75) is 43.9 Å². The molecule has 4 bridgehead atoms. The Hall–Kier alpha value is -3.39. The van der Waals surface area contributed by atoms with Gasteiger partial charge in [-0.3, -0.25) is 14.9 Å². The van der Waals surface area contributed by atoms with Crippen LogP contribution >= 0.6 is 15.9 Å². The Balaban J connectivity index is 1.28. The second-order valence-corrected chi connectivity index (χ2v) is 12.2. The van der Waals surface area contributed by atoms with Gasteiger partial charge in [0.1, 0.15) is 12.2 Å². The first kappa shape index (κ1) is 25.9. The standard InChI is InChI=1S/C31H31BrN2O5/c1-3-8-39-27-25(32)13-18(14-26(27)38-2)12-24-28(35)33-30(37)34(29(24)36)23-6-4-22(5-7-23)31-15-19-9-20(16-31)11-21(10-19)17-31/h3-7,12-14,19-21H,1,8-11,15-17H2,2H3,(H,33,35,37)/b24-12+. The SMILES string of the molecule is C=CCOc1c(Br)cc(/C=C2\C(=O)NC(=O)N(c3ccc(C45CC6CC(CC(C6)C4)C5)cc3)C2=O)cc1OC. The van der Waals surface area contributed by atoms with Crippen molar-refractivity contribution in [2.24, 2.45) is 17.8 Å². The first-order valence-electron chi connectivity index (χ1n) is 13.4. The molecule has 5 aliphatic rings. The highest BCUT2D eigenvalue weighted by Gasteiger charge is 2.51. The average molecular weight is 592 g/mol. The molecule has 1 N–H and O–H groups in total. The van der Waals surface area contributed by atoms with Gasteiger partial charge in [0.05, 0.1) is 17.3 Å². The van der Waals surface area contributed by atoms with Gasteiger partial charge in [-0.05, 0) is 119 Å². The van der Waals surface area contributed by atoms with E-state index in [1.165, 1.54) is 57.3 Å². The zero-order chi connectivity index (χ0) is 27.3. The van der Waals surface area contributed by atoms with Gasteiger partial charge in [-0.15, -0.1) is 0 Å². The molecule has 0 radical (unpaired) electrons. The summed E-state index contributed by atoms with van der Waals surface area (Å²) in [5, 5.41) is 2.31. The van der Waals surface area contributed by atoms with Crippen LogP contribution in [0.4, 0.5) is 10.5 Å². The number of hydrogen-bond acceptors (Lipinski definition) is 5. The third-order valence-corrected chi connectivity index (χ3v) is 9.38. The number of benzene rings is 2. The number of carbonyl (C=O) groups excluding carboxylic acids is 3. The summed E-state index contributed by atoms with van der Waals surface area (Å²) >= 11 is 3.47. The molecule has 1 aliphatic heterocycles. The maximum Gasteiger partial charge on any atom is 0.335 e. The fourth-order valence-corrected chi connectivity index (χ4v) is 8.17. The molecule has 7 rings (SSSR count). The van der Waals surface area contributed by atoms with Crippen molar-refractivity contribution in [1.29, 1.82) is 0 Å². The van der Waals surface area contributed by atoms with E-state index in [-0.39, 0.29) is 17.6 Å². The predicted molar refractivity (Wildman–Crippen MR) is 152 cm³/mol. The Bertz CT molecular complexity index is 1360. The van der Waals surface area contributed by atoms with Gasteiger partial charge < -0.3 is 9.47 Å². The van der Waals surface area contributed by atoms with E-state index >= 15 is 0 Å². The molecule has 8 heteroatoms. The number of barbiturate groups is 1. The molecule has 1 saturated heterocycles. The van der Waals surface area contributed by atoms with Gasteiger partial charge in [0.2, 0.25) is 0 Å². The van der Waals surface area contributed by atoms with Crippen molar-refractivity contribution in [3.63, 3.8) is 0 Å². The van der Waals surface area contributed by atoms with Crippen LogP contribution in [0.3, 0.4) is 0 Å². The lowest BCUT2D eigenvalue weighted by atomic mass is 9.48. The molecule has 0 aromatic heterocycles. The van der Waals surface area contributed by atoms with E-state index in [1.54, 1.807) is 18.2 Å². The van der Waals surface area contributed by atoms with Crippen molar-refractivity contribution >= 4 is 45.5 Å². The summed E-state index contributed by atoms with van der Waals surface area (Å²) in [6.45, 7) is 3.94. The van der Waals surface area contributed by atoms with E-state index in [1.807, 2.05) is 12.1 Å². The number of carbonyl (C=O) groups is 3. The van der Waals surface area contributed by atoms with Crippen LogP contribution in [0.5, 0.6) is 11.5 Å². The zero-order valence-corrected chi connectivity index (χ0v) is 23.5. The molecule has 0 atom stereocenters. The third kappa shape index (κ3) is 4.58. The number of amides is 4. The van der Waals surface area contributed by atoms with Gasteiger partial charge in [-0.2, -0.15) is 0 Å². The van der Waals surface area contributed by atoms with Crippen molar-refractivity contribution in [3.05, 3.63) is 70.2 Å². The number of ether oxygens (including phenoxy) is 2. The van der Waals surface area contributed by atoms with E-state index in [0.717, 1.165) is 22.7 Å². The zero-order valence-electron chi connectivity index (χ0n) is 21.9. The monoisotopic (exact) mass is 590 g/mol. The second-order valence-electron chi connectivity index (χ2n) is 11.3. The molecule has 202 valence electrons. The topological polar surface area (TPSA) is 84.9 Å². The van der Waals surface area contributed by atoms with Crippen LogP contribution in [-0.4, -0.2) is 31.6 Å². The molecule has 0 unspecified atom stereocenters. The van der Waals surface area contributed by atoms with Crippen LogP contribution in [0, 0.1) is 17.8 Å². The Morgan fingerprint density at radius 1 is 1.05 bits per heavy atom. The van der Waals surface area contributed by atoms with E-state index in [2.05, 4.69) is 40.0 Å². The molecule has 1 heterocycles. The molecule has 5 fully saturated rings. The van der Waals surface area contributed by atoms with Crippen LogP contribution in [0.1, 0.15) is 49.7 Å². The van der Waals surface area contributed by atoms with Crippen molar-refractivity contribution in [3.8, 4) is 11.5 Å². The first-order valence-corrected chi connectivity index (χ1v) is 14.2. The van der Waals surface area contributed by atoms with Gasteiger partial charge in [0.15, 0.2) is 11.5 Å². The number of nitrogens with zero attached hydrogens (tertiary/aromatic N) is 1. The summed E-state index contributed by atoms with van der Waals surface area (Å²) in [6, 6.07) is 10.5. The van der Waals surface area contributed by atoms with Crippen molar-refractivity contribution in [2.75, 3.05) is 18.6 Å². The molecule has 2 aromatic rings. The molecule has 0 spiro atoms. The largest absolute Gasteiger partial charge is 0.493 e. The lowest BCUT2D eigenvalue weighted by molar-refractivity contribution is -0.122. The molecule has 4 amide bonds. The third-order valence-electron chi connectivity index (χ3n) is 8.79. The van der Waals surface area contributed by atoms with Gasteiger partial charge in [-0.1, -0.05) is 24.8 Å². The van der Waals surface area contributed by atoms with Crippen LogP contribution in [0.2, 0.25) is 0 Å². The van der Waals surface area contributed by atoms with E-state index < -0.39 is 17.8 Å². The number of hydrogen-bond donors (Lipinski definition) is 1. The van der Waals surface area contributed by atoms with Crippen LogP contribution in [0.15, 0.2) is 59.1 Å². The average Bonchev–Trinajstić information content (AvgIpc) is 2.89. The number of methoxy groups -OCH3 is 1. The maximum atomic E-state index is 13.5. The van der Waals surface area contributed by atoms with E-state index in [0.29, 0.717) is 27.2 Å². The van der Waals surface area contributed by atoms with Crippen LogP contribution < -0.4 is 19.7 Å². The molecule has 2 aromatic carbocycles. The minimum atomic E-state index is -0.753. The quantitative estimate of drug-likeness (QED) is 0.237. The highest BCUT2D eigenvalue weighted by atomic mass is 79.9. The van der Waals surface area contributed by atoms with Gasteiger partial charge in [0.25, 0.3) is 11.8 Å². The lowest BCUT2D eigenvalue weighted by Crippen LogP contribution is -2.54. The highest BCUT2D eigenvalue weighted by Crippen LogP contribution is 2.60. The Morgan fingerprint density at radius 2 is 1.69 bits per heavy atom. The molecule has 4 aliphatic carbocycles. The molecule has 39 heavy (non-hydrogen) atoms. The first-order chi connectivity index (χ1) is 18.8. The Morgan fingerprint density at radius 3 is 2.28 bits per heavy atom. The number of nitrogens with one attached hydrogen (secondary N) is 1. The number of rotatable bonds is 7. The number of imide groups is 2. The molecular weight excluding hydrogens is 560 g/mol. The van der Waals surface area contributed by atoms with E-state index in [9.17, 15) is 14.4 Å². The lowest BCUT2D eigenvalue weighted by Gasteiger charge is -2.57. The minimum Gasteiger partial charge on any atom is -0.493 e. The summed E-state index contributed by atoms with van der Waals surface area (Å²) < 4.78 is 11.7. The Kier molecular flexibility index (Phi) is 6.61. The van der Waals surface area contributed by atoms with Gasteiger partial charge in [0, 0.05) is 0 Å². The van der Waals surface area contributed by atoms with Gasteiger partial charge >= 0.3 is 6.03 Å². The van der Waals surface area contributed by atoms with Gasteiger partial charge in [-0.25, -0.2) is 9.69 Å². The molecule has 4 saturated carbocycles. The number of halogens is 1. The van der Waals surface area contributed by atoms with Crippen molar-refractivity contribution < 1.29 is 23.9 Å². The van der Waals surface area contributed by atoms with E-state index in [4.69, 9.17) is 9.47 Å². The fourth-order valence-electron chi connectivity index (χ4n) is 7.59. The van der Waals surface area contributed by atoms with Crippen LogP contribution in [-0.2, 0) is 15.0 Å². The normalized spacial score (nSPS) is 28.6. The Labute approximate surface area is 236 Å². The summed E-state index contributed by atoms with van der Waals surface area (Å²) in [6.07, 6.45) is 10.9. The molecular formula is C31H31BrN2O5. The summed E-state index contributed by atoms with van der Waals surface area (Å²) in [5.74, 6) is 1.97. The number of anilines is 1. The molecule has 7 nitrogen and oxygen atoms in total. The fraction of sp³-hybridized carbons (Fsp3) is 0.387. The van der Waals surface area contributed by atoms with Crippen LogP contribution in [0.25, 0.3) is 6.08 Å². The highest BCUT2D eigenvalue weighted by molar-refractivity contribution is 9.10. The summed E-state index contributed by atoms with van der Waals surface area (Å²) in [4.78, 5) is 40.1. The van der Waals surface area contributed by atoms with Crippen molar-refractivity contribution in [1.82, 2.24) is 5.32 Å². The smallest absolute Gasteiger partial charge is 0.335 e. The maximum absolute atomic E-state index is 13.5. The second kappa shape index (κ2) is 9.97. The number of urea groups is 1. The summed E-state index contributed by atoms with van der Waals surface area (Å²) in [7, 11) is 1.51.